The van der Waals surface area contributed by atoms with Gasteiger partial charge in [0.15, 0.2) is 0 Å². The summed E-state index contributed by atoms with van der Waals surface area (Å²) in [4.78, 5) is 8.51. The summed E-state index contributed by atoms with van der Waals surface area (Å²) in [6.45, 7) is 6.54. The maximum absolute atomic E-state index is 12.5. The predicted molar refractivity (Wildman–Crippen MR) is 64.7 cm³/mol. The molecule has 0 unspecified atom stereocenters. The first kappa shape index (κ1) is 15.5. The number of alkyl halides is 3. The second-order valence-corrected chi connectivity index (χ2v) is 3.83. The number of nitrogens with two attached hydrogens (primary N) is 1. The Kier molecular flexibility index (Phi) is 5.34. The minimum Gasteiger partial charge on any atom is -0.476 e. The van der Waals surface area contributed by atoms with Crippen LogP contribution in [-0.2, 0) is 6.18 Å². The molecule has 1 aromatic heterocycles. The summed E-state index contributed by atoms with van der Waals surface area (Å²) in [7, 11) is 0. The van der Waals surface area contributed by atoms with Crippen LogP contribution < -0.4 is 10.5 Å². The molecule has 0 fully saturated rings. The lowest BCUT2D eigenvalue weighted by atomic mass is 10.5. The standard InChI is InChI=1S/C11H17F3N4O/c1-3-18(4-2)5-6-19-9-7-8(15)16-10(17-9)11(12,13)14/h7H,3-6H2,1-2H3,(H2,15,16,17). The lowest BCUT2D eigenvalue weighted by molar-refractivity contribution is -0.145. The molecule has 0 aliphatic heterocycles. The highest BCUT2D eigenvalue weighted by Gasteiger charge is 2.35. The van der Waals surface area contributed by atoms with Crippen molar-refractivity contribution < 1.29 is 17.9 Å². The molecule has 1 aromatic rings. The van der Waals surface area contributed by atoms with Crippen LogP contribution in [0.5, 0.6) is 5.88 Å². The van der Waals surface area contributed by atoms with E-state index in [2.05, 4.69) is 14.9 Å². The molecule has 0 radical (unpaired) electrons. The molecule has 0 saturated carbocycles. The number of anilines is 1. The largest absolute Gasteiger partial charge is 0.476 e. The molecule has 1 heterocycles. The predicted octanol–water partition coefficient (Wildman–Crippen LogP) is 1.80. The van der Waals surface area contributed by atoms with Gasteiger partial charge < -0.3 is 15.4 Å². The highest BCUT2D eigenvalue weighted by molar-refractivity contribution is 5.33. The van der Waals surface area contributed by atoms with Crippen molar-refractivity contribution >= 4 is 5.82 Å². The Morgan fingerprint density at radius 3 is 2.42 bits per heavy atom. The second kappa shape index (κ2) is 6.55. The van der Waals surface area contributed by atoms with E-state index in [0.29, 0.717) is 6.54 Å². The summed E-state index contributed by atoms with van der Waals surface area (Å²) in [5, 5.41) is 0. The van der Waals surface area contributed by atoms with Crippen LogP contribution in [0.3, 0.4) is 0 Å². The van der Waals surface area contributed by atoms with Gasteiger partial charge in [0.1, 0.15) is 12.4 Å². The monoisotopic (exact) mass is 278 g/mol. The van der Waals surface area contributed by atoms with E-state index in [9.17, 15) is 13.2 Å². The van der Waals surface area contributed by atoms with Gasteiger partial charge in [-0.3, -0.25) is 0 Å². The number of likely N-dealkylation sites (N-methyl/N-ethyl adjacent to an activating group) is 1. The Hall–Kier alpha value is -1.57. The average molecular weight is 278 g/mol. The van der Waals surface area contributed by atoms with Crippen molar-refractivity contribution in [3.63, 3.8) is 0 Å². The number of hydrogen-bond donors (Lipinski definition) is 1. The summed E-state index contributed by atoms with van der Waals surface area (Å²) in [5.41, 5.74) is 5.30. The van der Waals surface area contributed by atoms with Gasteiger partial charge in [0, 0.05) is 12.6 Å². The number of hydrogen-bond acceptors (Lipinski definition) is 5. The summed E-state index contributed by atoms with van der Waals surface area (Å²) >= 11 is 0. The van der Waals surface area contributed by atoms with Crippen molar-refractivity contribution in [3.8, 4) is 5.88 Å². The highest BCUT2D eigenvalue weighted by atomic mass is 19.4. The number of rotatable bonds is 6. The summed E-state index contributed by atoms with van der Waals surface area (Å²) in [5.74, 6) is -1.71. The minimum atomic E-state index is -4.63. The van der Waals surface area contributed by atoms with Gasteiger partial charge >= 0.3 is 6.18 Å². The third-order valence-corrected chi connectivity index (χ3v) is 2.53. The van der Waals surface area contributed by atoms with Crippen LogP contribution >= 0.6 is 0 Å². The molecule has 0 aliphatic rings. The molecule has 0 aliphatic carbocycles. The molecule has 108 valence electrons. The van der Waals surface area contributed by atoms with Gasteiger partial charge in [0.25, 0.3) is 0 Å². The van der Waals surface area contributed by atoms with E-state index in [4.69, 9.17) is 10.5 Å². The topological polar surface area (TPSA) is 64.3 Å². The van der Waals surface area contributed by atoms with Crippen molar-refractivity contribution in [1.82, 2.24) is 14.9 Å². The Morgan fingerprint density at radius 1 is 1.26 bits per heavy atom. The van der Waals surface area contributed by atoms with E-state index < -0.39 is 12.0 Å². The van der Waals surface area contributed by atoms with E-state index >= 15 is 0 Å². The average Bonchev–Trinajstić information content (AvgIpc) is 2.33. The Balaban J connectivity index is 2.66. The molecule has 0 bridgehead atoms. The fraction of sp³-hybridized carbons (Fsp3) is 0.636. The summed E-state index contributed by atoms with van der Waals surface area (Å²) in [6, 6.07) is 1.18. The molecule has 1 rings (SSSR count). The number of ether oxygens (including phenoxy) is 1. The quantitative estimate of drug-likeness (QED) is 0.859. The second-order valence-electron chi connectivity index (χ2n) is 3.83. The lowest BCUT2D eigenvalue weighted by Crippen LogP contribution is -2.28. The molecule has 0 atom stereocenters. The Bertz CT molecular complexity index is 407. The fourth-order valence-corrected chi connectivity index (χ4v) is 1.46. The zero-order valence-electron chi connectivity index (χ0n) is 10.9. The van der Waals surface area contributed by atoms with E-state index in [-0.39, 0.29) is 18.3 Å². The summed E-state index contributed by atoms with van der Waals surface area (Å²) < 4.78 is 42.6. The molecular weight excluding hydrogens is 261 g/mol. The van der Waals surface area contributed by atoms with E-state index in [1.54, 1.807) is 0 Å². The zero-order valence-corrected chi connectivity index (χ0v) is 10.9. The molecule has 2 N–H and O–H groups in total. The van der Waals surface area contributed by atoms with Crippen LogP contribution in [-0.4, -0.2) is 41.1 Å². The number of halogens is 3. The first-order valence-corrected chi connectivity index (χ1v) is 5.93. The van der Waals surface area contributed by atoms with E-state index in [1.807, 2.05) is 13.8 Å². The fourth-order valence-electron chi connectivity index (χ4n) is 1.46. The van der Waals surface area contributed by atoms with Gasteiger partial charge in [-0.1, -0.05) is 13.8 Å². The molecule has 19 heavy (non-hydrogen) atoms. The van der Waals surface area contributed by atoms with Crippen molar-refractivity contribution in [2.24, 2.45) is 0 Å². The molecule has 0 aromatic carbocycles. The van der Waals surface area contributed by atoms with Crippen LogP contribution in [0.25, 0.3) is 0 Å². The van der Waals surface area contributed by atoms with Gasteiger partial charge in [-0.2, -0.15) is 18.2 Å². The zero-order chi connectivity index (χ0) is 14.5. The molecule has 8 heteroatoms. The molecule has 5 nitrogen and oxygen atoms in total. The summed E-state index contributed by atoms with van der Waals surface area (Å²) in [6.07, 6.45) is -4.63. The van der Waals surface area contributed by atoms with Crippen molar-refractivity contribution in [1.29, 1.82) is 0 Å². The third kappa shape index (κ3) is 4.90. The molecule has 0 saturated heterocycles. The van der Waals surface area contributed by atoms with Gasteiger partial charge in [-0.15, -0.1) is 0 Å². The van der Waals surface area contributed by atoms with Crippen molar-refractivity contribution in [3.05, 3.63) is 11.9 Å². The Labute approximate surface area is 109 Å². The molecule has 0 amide bonds. The number of nitrogen functional groups attached to an aromatic ring is 1. The first-order valence-electron chi connectivity index (χ1n) is 5.93. The highest BCUT2D eigenvalue weighted by Crippen LogP contribution is 2.28. The van der Waals surface area contributed by atoms with Crippen molar-refractivity contribution in [2.75, 3.05) is 32.0 Å². The van der Waals surface area contributed by atoms with Crippen LogP contribution in [0.4, 0.5) is 19.0 Å². The van der Waals surface area contributed by atoms with Crippen LogP contribution in [0.2, 0.25) is 0 Å². The number of nitrogens with zero attached hydrogens (tertiary/aromatic N) is 3. The minimum absolute atomic E-state index is 0.160. The van der Waals surface area contributed by atoms with Crippen LogP contribution in [0, 0.1) is 0 Å². The Morgan fingerprint density at radius 2 is 1.89 bits per heavy atom. The first-order chi connectivity index (χ1) is 8.86. The van der Waals surface area contributed by atoms with Crippen molar-refractivity contribution in [2.45, 2.75) is 20.0 Å². The van der Waals surface area contributed by atoms with Crippen LogP contribution in [0.1, 0.15) is 19.7 Å². The van der Waals surface area contributed by atoms with E-state index in [1.165, 1.54) is 6.07 Å². The van der Waals surface area contributed by atoms with Crippen LogP contribution in [0.15, 0.2) is 6.07 Å². The molecular formula is C11H17F3N4O. The third-order valence-electron chi connectivity index (χ3n) is 2.53. The number of aromatic nitrogens is 2. The van der Waals surface area contributed by atoms with Gasteiger partial charge in [0.2, 0.25) is 11.7 Å². The normalized spacial score (nSPS) is 11.9. The maximum Gasteiger partial charge on any atom is 0.451 e. The van der Waals surface area contributed by atoms with Gasteiger partial charge in [-0.25, -0.2) is 4.98 Å². The molecule has 0 spiro atoms. The SMILES string of the molecule is CCN(CC)CCOc1cc(N)nc(C(F)(F)F)n1. The lowest BCUT2D eigenvalue weighted by Gasteiger charge is -2.18. The van der Waals surface area contributed by atoms with Gasteiger partial charge in [0.05, 0.1) is 0 Å². The van der Waals surface area contributed by atoms with E-state index in [0.717, 1.165) is 13.1 Å². The van der Waals surface area contributed by atoms with Gasteiger partial charge in [-0.05, 0) is 13.1 Å². The smallest absolute Gasteiger partial charge is 0.451 e. The maximum atomic E-state index is 12.5.